The first kappa shape index (κ1) is 13.8. The summed E-state index contributed by atoms with van der Waals surface area (Å²) in [6.45, 7) is 3.86. The van der Waals surface area contributed by atoms with E-state index in [-0.39, 0.29) is 17.9 Å². The van der Waals surface area contributed by atoms with Crippen molar-refractivity contribution in [3.8, 4) is 0 Å². The number of nitrogens with zero attached hydrogens (tertiary/aromatic N) is 1. The number of benzene rings is 1. The average molecular weight is 253 g/mol. The van der Waals surface area contributed by atoms with Crippen molar-refractivity contribution in [2.75, 3.05) is 18.4 Å². The first-order chi connectivity index (χ1) is 8.54. The second-order valence-corrected chi connectivity index (χ2v) is 3.39. The summed E-state index contributed by atoms with van der Waals surface area (Å²) in [6.07, 6.45) is 1.57. The number of amides is 1. The van der Waals surface area contributed by atoms with Crippen LogP contribution in [0.25, 0.3) is 0 Å². The fourth-order valence-corrected chi connectivity index (χ4v) is 1.20. The fraction of sp³-hybridized carbons (Fsp3) is 0.182. The summed E-state index contributed by atoms with van der Waals surface area (Å²) in [5.74, 6) is -1.21. The highest BCUT2D eigenvalue weighted by molar-refractivity contribution is 5.92. The Bertz CT molecular complexity index is 477. The van der Waals surface area contributed by atoms with Crippen LogP contribution in [0.1, 0.15) is 0 Å². The normalized spacial score (nSPS) is 9.83. The van der Waals surface area contributed by atoms with Gasteiger partial charge in [0.15, 0.2) is 0 Å². The Kier molecular flexibility index (Phi) is 4.94. The van der Waals surface area contributed by atoms with Gasteiger partial charge in [0.1, 0.15) is 5.82 Å². The van der Waals surface area contributed by atoms with Crippen molar-refractivity contribution in [1.82, 2.24) is 5.32 Å². The molecule has 96 valence electrons. The Labute approximate surface area is 103 Å². The van der Waals surface area contributed by atoms with Crippen LogP contribution in [0, 0.1) is 15.9 Å². The molecule has 1 aromatic rings. The van der Waals surface area contributed by atoms with Gasteiger partial charge in [0.25, 0.3) is 5.69 Å². The number of nitrogens with one attached hydrogen (secondary N) is 2. The third kappa shape index (κ3) is 3.95. The lowest BCUT2D eigenvalue weighted by Gasteiger charge is -2.06. The lowest BCUT2D eigenvalue weighted by atomic mass is 10.2. The monoisotopic (exact) mass is 253 g/mol. The van der Waals surface area contributed by atoms with Gasteiger partial charge in [-0.1, -0.05) is 6.08 Å². The maximum absolute atomic E-state index is 13.3. The largest absolute Gasteiger partial charge is 0.322 e. The Morgan fingerprint density at radius 3 is 2.89 bits per heavy atom. The molecular formula is C11H12FN3O3. The van der Waals surface area contributed by atoms with Gasteiger partial charge < -0.3 is 10.6 Å². The van der Waals surface area contributed by atoms with Crippen molar-refractivity contribution in [3.05, 3.63) is 46.8 Å². The molecule has 0 aliphatic heterocycles. The maximum Gasteiger partial charge on any atom is 0.271 e. The number of carbonyl (C=O) groups is 1. The van der Waals surface area contributed by atoms with Gasteiger partial charge in [-0.15, -0.1) is 6.58 Å². The molecule has 0 bridgehead atoms. The Hall–Kier alpha value is -2.28. The topological polar surface area (TPSA) is 84.3 Å². The molecule has 0 radical (unpaired) electrons. The molecular weight excluding hydrogens is 241 g/mol. The van der Waals surface area contributed by atoms with E-state index in [4.69, 9.17) is 0 Å². The lowest BCUT2D eigenvalue weighted by molar-refractivity contribution is -0.384. The van der Waals surface area contributed by atoms with Crippen LogP contribution in [0.3, 0.4) is 0 Å². The number of hydrogen-bond acceptors (Lipinski definition) is 4. The summed E-state index contributed by atoms with van der Waals surface area (Å²) in [4.78, 5) is 21.2. The SMILES string of the molecule is C=CCNCC(=O)Nc1cc([N+](=O)[O-])ccc1F. The summed E-state index contributed by atoms with van der Waals surface area (Å²) in [6, 6.07) is 2.94. The third-order valence-electron chi connectivity index (χ3n) is 2.01. The Morgan fingerprint density at radius 2 is 2.28 bits per heavy atom. The van der Waals surface area contributed by atoms with Crippen LogP contribution in [0.15, 0.2) is 30.9 Å². The van der Waals surface area contributed by atoms with E-state index in [1.807, 2.05) is 0 Å². The number of nitro groups is 1. The van der Waals surface area contributed by atoms with E-state index in [9.17, 15) is 19.3 Å². The van der Waals surface area contributed by atoms with Gasteiger partial charge in [-0.05, 0) is 6.07 Å². The number of nitro benzene ring substituents is 1. The van der Waals surface area contributed by atoms with Gasteiger partial charge >= 0.3 is 0 Å². The minimum atomic E-state index is -0.724. The third-order valence-corrected chi connectivity index (χ3v) is 2.01. The molecule has 1 amide bonds. The summed E-state index contributed by atoms with van der Waals surface area (Å²) in [5.41, 5.74) is -0.500. The molecule has 0 atom stereocenters. The minimum absolute atomic E-state index is 0.0336. The minimum Gasteiger partial charge on any atom is -0.322 e. The highest BCUT2D eigenvalue weighted by atomic mass is 19.1. The van der Waals surface area contributed by atoms with Crippen molar-refractivity contribution >= 4 is 17.3 Å². The number of halogens is 1. The molecule has 0 aliphatic rings. The van der Waals surface area contributed by atoms with Gasteiger partial charge in [-0.3, -0.25) is 14.9 Å². The highest BCUT2D eigenvalue weighted by Crippen LogP contribution is 2.20. The number of anilines is 1. The number of rotatable bonds is 6. The summed E-state index contributed by atoms with van der Waals surface area (Å²) in [5, 5.41) is 15.5. The molecule has 0 saturated carbocycles. The molecule has 0 saturated heterocycles. The molecule has 0 fully saturated rings. The first-order valence-corrected chi connectivity index (χ1v) is 5.10. The standard InChI is InChI=1S/C11H12FN3O3/c1-2-5-13-7-11(16)14-10-6-8(15(17)18)3-4-9(10)12/h2-4,6,13H,1,5,7H2,(H,14,16). The molecule has 0 heterocycles. The van der Waals surface area contributed by atoms with Crippen molar-refractivity contribution in [2.24, 2.45) is 0 Å². The number of hydrogen-bond donors (Lipinski definition) is 2. The van der Waals surface area contributed by atoms with E-state index in [1.165, 1.54) is 0 Å². The molecule has 6 nitrogen and oxygen atoms in total. The Morgan fingerprint density at radius 1 is 1.56 bits per heavy atom. The molecule has 1 rings (SSSR count). The summed E-state index contributed by atoms with van der Waals surface area (Å²) < 4.78 is 13.3. The van der Waals surface area contributed by atoms with E-state index in [1.54, 1.807) is 6.08 Å². The van der Waals surface area contributed by atoms with Crippen molar-refractivity contribution < 1.29 is 14.1 Å². The molecule has 0 unspecified atom stereocenters. The van der Waals surface area contributed by atoms with Crippen molar-refractivity contribution in [1.29, 1.82) is 0 Å². The average Bonchev–Trinajstić information content (AvgIpc) is 2.32. The van der Waals surface area contributed by atoms with Crippen LogP contribution < -0.4 is 10.6 Å². The first-order valence-electron chi connectivity index (χ1n) is 5.10. The summed E-state index contributed by atoms with van der Waals surface area (Å²) >= 11 is 0. The zero-order valence-corrected chi connectivity index (χ0v) is 9.48. The van der Waals surface area contributed by atoms with Crippen LogP contribution in [0.5, 0.6) is 0 Å². The molecule has 2 N–H and O–H groups in total. The van der Waals surface area contributed by atoms with Crippen molar-refractivity contribution in [3.63, 3.8) is 0 Å². The molecule has 0 aliphatic carbocycles. The maximum atomic E-state index is 13.3. The molecule has 0 aromatic heterocycles. The predicted molar refractivity (Wildman–Crippen MR) is 64.8 cm³/mol. The zero-order valence-electron chi connectivity index (χ0n) is 9.48. The Balaban J connectivity index is 2.71. The second-order valence-electron chi connectivity index (χ2n) is 3.39. The second kappa shape index (κ2) is 6.45. The van der Waals surface area contributed by atoms with E-state index in [0.29, 0.717) is 6.54 Å². The summed E-state index contributed by atoms with van der Waals surface area (Å²) in [7, 11) is 0. The fourth-order valence-electron chi connectivity index (χ4n) is 1.20. The molecule has 7 heteroatoms. The predicted octanol–water partition coefficient (Wildman–Crippen LogP) is 1.45. The van der Waals surface area contributed by atoms with Crippen molar-refractivity contribution in [2.45, 2.75) is 0 Å². The van der Waals surface area contributed by atoms with E-state index in [0.717, 1.165) is 18.2 Å². The lowest BCUT2D eigenvalue weighted by Crippen LogP contribution is -2.28. The molecule has 18 heavy (non-hydrogen) atoms. The highest BCUT2D eigenvalue weighted by Gasteiger charge is 2.12. The van der Waals surface area contributed by atoms with Crippen LogP contribution in [-0.2, 0) is 4.79 Å². The van der Waals surface area contributed by atoms with Gasteiger partial charge in [-0.25, -0.2) is 4.39 Å². The van der Waals surface area contributed by atoms with E-state index < -0.39 is 16.6 Å². The molecule has 1 aromatic carbocycles. The van der Waals surface area contributed by atoms with Gasteiger partial charge in [0.2, 0.25) is 5.91 Å². The van der Waals surface area contributed by atoms with E-state index in [2.05, 4.69) is 17.2 Å². The van der Waals surface area contributed by atoms with Crippen LogP contribution in [-0.4, -0.2) is 23.9 Å². The zero-order chi connectivity index (χ0) is 13.5. The van der Waals surface area contributed by atoms with Gasteiger partial charge in [-0.2, -0.15) is 0 Å². The number of carbonyl (C=O) groups excluding carboxylic acids is 1. The molecule has 0 spiro atoms. The van der Waals surface area contributed by atoms with E-state index >= 15 is 0 Å². The van der Waals surface area contributed by atoms with Gasteiger partial charge in [0.05, 0.1) is 17.2 Å². The van der Waals surface area contributed by atoms with Crippen LogP contribution in [0.4, 0.5) is 15.8 Å². The van der Waals surface area contributed by atoms with Gasteiger partial charge in [0, 0.05) is 18.7 Å². The quantitative estimate of drug-likeness (QED) is 0.348. The van der Waals surface area contributed by atoms with Crippen LogP contribution in [0.2, 0.25) is 0 Å². The number of non-ortho nitro benzene ring substituents is 1. The van der Waals surface area contributed by atoms with Crippen LogP contribution >= 0.6 is 0 Å². The smallest absolute Gasteiger partial charge is 0.271 e.